The number of hydrogen-bond donors (Lipinski definition) is 3. The topological polar surface area (TPSA) is 142 Å². The van der Waals surface area contributed by atoms with Crippen molar-refractivity contribution in [3.63, 3.8) is 0 Å². The van der Waals surface area contributed by atoms with Gasteiger partial charge in [0.15, 0.2) is 0 Å². The summed E-state index contributed by atoms with van der Waals surface area (Å²) >= 11 is 0. The molecule has 0 atom stereocenters. The van der Waals surface area contributed by atoms with E-state index in [1.807, 2.05) is 0 Å². The molecule has 1 saturated heterocycles. The average molecular weight is 595 g/mol. The van der Waals surface area contributed by atoms with E-state index in [1.165, 1.54) is 32.5 Å². The van der Waals surface area contributed by atoms with Crippen LogP contribution < -0.4 is 25.0 Å². The molecule has 3 aromatic rings. The Kier molecular flexibility index (Phi) is 8.82. The third kappa shape index (κ3) is 7.13. The maximum absolute atomic E-state index is 13.8. The van der Waals surface area contributed by atoms with Crippen molar-refractivity contribution in [2.45, 2.75) is 12.7 Å². The number of alkyl halides is 3. The van der Waals surface area contributed by atoms with Crippen LogP contribution in [0.25, 0.3) is 0 Å². The minimum atomic E-state index is -4.77. The summed E-state index contributed by atoms with van der Waals surface area (Å²) in [5.74, 6) is -0.530. The van der Waals surface area contributed by atoms with Gasteiger partial charge in [0, 0.05) is 63.3 Å². The third-order valence-corrected chi connectivity index (χ3v) is 7.47. The summed E-state index contributed by atoms with van der Waals surface area (Å²) in [6.07, 6.45) is -1.76. The van der Waals surface area contributed by atoms with Crippen LogP contribution in [-0.2, 0) is 22.7 Å². The summed E-state index contributed by atoms with van der Waals surface area (Å²) in [6, 6.07) is 7.76. The Morgan fingerprint density at radius 2 is 1.93 bits per heavy atom. The summed E-state index contributed by atoms with van der Waals surface area (Å²) in [5.41, 5.74) is -0.0577. The molecule has 0 aliphatic carbocycles. The number of amides is 1. The molecule has 1 fully saturated rings. The number of ether oxygens (including phenoxy) is 1. The molecule has 0 radical (unpaired) electrons. The van der Waals surface area contributed by atoms with Crippen LogP contribution in [0.3, 0.4) is 0 Å². The molecule has 1 aromatic carbocycles. The van der Waals surface area contributed by atoms with Crippen molar-refractivity contribution < 1.29 is 31.1 Å². The van der Waals surface area contributed by atoms with Gasteiger partial charge in [-0.2, -0.15) is 18.2 Å². The number of nitrogens with one attached hydrogen (secondary N) is 3. The molecule has 220 valence electrons. The minimum Gasteiger partial charge on any atom is -0.495 e. The molecule has 0 spiro atoms. The standard InChI is InChI=1S/C25H29F3N8O4S/c1-35(41(3,38)39)22-17(5-4-8-30-22)14-31-21-18(25(26,27)28)15-32-24(34-21)33-19-7-6-16(13-20(19)40-2)23(37)36-11-9-29-10-12-36/h4-8,13,15,29H,9-12,14H2,1-3H3,(H2,31,32,33,34). The highest BCUT2D eigenvalue weighted by atomic mass is 32.2. The number of piperazine rings is 1. The molecule has 4 rings (SSSR count). The summed E-state index contributed by atoms with van der Waals surface area (Å²) in [4.78, 5) is 26.5. The summed E-state index contributed by atoms with van der Waals surface area (Å²) in [5, 5.41) is 8.67. The second-order valence-electron chi connectivity index (χ2n) is 9.11. The first kappa shape index (κ1) is 29.8. The van der Waals surface area contributed by atoms with E-state index < -0.39 is 27.6 Å². The van der Waals surface area contributed by atoms with E-state index in [9.17, 15) is 26.4 Å². The SMILES string of the molecule is COc1cc(C(=O)N2CCNCC2)ccc1Nc1ncc(C(F)(F)F)c(NCc2cccnc2N(C)S(C)(=O)=O)n1. The first-order chi connectivity index (χ1) is 19.4. The molecule has 3 N–H and O–H groups in total. The van der Waals surface area contributed by atoms with Gasteiger partial charge in [-0.25, -0.2) is 18.4 Å². The summed E-state index contributed by atoms with van der Waals surface area (Å²) in [7, 11) is -0.968. The van der Waals surface area contributed by atoms with Crippen LogP contribution in [0.1, 0.15) is 21.5 Å². The monoisotopic (exact) mass is 594 g/mol. The van der Waals surface area contributed by atoms with E-state index in [1.54, 1.807) is 23.1 Å². The third-order valence-electron chi connectivity index (χ3n) is 6.30. The number of pyridine rings is 1. The van der Waals surface area contributed by atoms with E-state index in [-0.39, 0.29) is 30.0 Å². The average Bonchev–Trinajstić information content (AvgIpc) is 2.95. The van der Waals surface area contributed by atoms with E-state index in [0.29, 0.717) is 49.2 Å². The number of rotatable bonds is 9. The van der Waals surface area contributed by atoms with Crippen molar-refractivity contribution in [3.05, 3.63) is 59.4 Å². The number of carbonyl (C=O) groups excluding carboxylic acids is 1. The largest absolute Gasteiger partial charge is 0.495 e. The van der Waals surface area contributed by atoms with Crippen LogP contribution in [0.4, 0.5) is 36.4 Å². The van der Waals surface area contributed by atoms with Crippen molar-refractivity contribution >= 4 is 39.2 Å². The Morgan fingerprint density at radius 3 is 2.59 bits per heavy atom. The number of benzene rings is 1. The smallest absolute Gasteiger partial charge is 0.421 e. The first-order valence-corrected chi connectivity index (χ1v) is 14.2. The van der Waals surface area contributed by atoms with Gasteiger partial charge in [0.1, 0.15) is 22.9 Å². The van der Waals surface area contributed by atoms with E-state index in [4.69, 9.17) is 4.74 Å². The second-order valence-corrected chi connectivity index (χ2v) is 11.1. The lowest BCUT2D eigenvalue weighted by atomic mass is 10.1. The molecule has 0 bridgehead atoms. The van der Waals surface area contributed by atoms with Gasteiger partial charge < -0.3 is 25.6 Å². The van der Waals surface area contributed by atoms with Gasteiger partial charge >= 0.3 is 6.18 Å². The Bertz CT molecular complexity index is 1510. The summed E-state index contributed by atoms with van der Waals surface area (Å²) < 4.78 is 71.7. The van der Waals surface area contributed by atoms with Crippen LogP contribution in [-0.4, -0.2) is 80.8 Å². The molecular formula is C25H29F3N8O4S. The number of aromatic nitrogens is 3. The maximum atomic E-state index is 13.8. The zero-order valence-electron chi connectivity index (χ0n) is 22.5. The normalized spacial score (nSPS) is 14.0. The number of halogens is 3. The second kappa shape index (κ2) is 12.1. The zero-order chi connectivity index (χ0) is 29.8. The minimum absolute atomic E-state index is 0.0589. The van der Waals surface area contributed by atoms with E-state index >= 15 is 0 Å². The fourth-order valence-corrected chi connectivity index (χ4v) is 4.55. The van der Waals surface area contributed by atoms with Crippen LogP contribution in [0.2, 0.25) is 0 Å². The van der Waals surface area contributed by atoms with Gasteiger partial charge in [-0.15, -0.1) is 0 Å². The predicted octanol–water partition coefficient (Wildman–Crippen LogP) is 2.70. The Morgan fingerprint density at radius 1 is 1.20 bits per heavy atom. The number of sulfonamides is 1. The number of anilines is 4. The molecule has 12 nitrogen and oxygen atoms in total. The van der Waals surface area contributed by atoms with Gasteiger partial charge in [-0.3, -0.25) is 9.10 Å². The van der Waals surface area contributed by atoms with Gasteiger partial charge in [0.2, 0.25) is 16.0 Å². The van der Waals surface area contributed by atoms with E-state index in [0.717, 1.165) is 10.6 Å². The molecule has 1 aliphatic rings. The lowest BCUT2D eigenvalue weighted by Crippen LogP contribution is -2.46. The van der Waals surface area contributed by atoms with Gasteiger partial charge in [-0.1, -0.05) is 6.07 Å². The lowest BCUT2D eigenvalue weighted by molar-refractivity contribution is -0.137. The highest BCUT2D eigenvalue weighted by Crippen LogP contribution is 2.35. The van der Waals surface area contributed by atoms with Gasteiger partial charge in [0.25, 0.3) is 5.91 Å². The molecular weight excluding hydrogens is 565 g/mol. The van der Waals surface area contributed by atoms with Crippen LogP contribution in [0.5, 0.6) is 5.75 Å². The number of nitrogens with zero attached hydrogens (tertiary/aromatic N) is 5. The van der Waals surface area contributed by atoms with Crippen molar-refractivity contribution in [2.75, 3.05) is 61.5 Å². The molecule has 1 aliphatic heterocycles. The Labute approximate surface area is 235 Å². The number of carbonyl (C=O) groups is 1. The first-order valence-electron chi connectivity index (χ1n) is 12.4. The highest BCUT2D eigenvalue weighted by Gasteiger charge is 2.35. The van der Waals surface area contributed by atoms with Crippen molar-refractivity contribution in [1.29, 1.82) is 0 Å². The predicted molar refractivity (Wildman–Crippen MR) is 147 cm³/mol. The maximum Gasteiger partial charge on any atom is 0.421 e. The van der Waals surface area contributed by atoms with Gasteiger partial charge in [-0.05, 0) is 24.3 Å². The van der Waals surface area contributed by atoms with Gasteiger partial charge in [0.05, 0.1) is 19.1 Å². The lowest BCUT2D eigenvalue weighted by Gasteiger charge is -2.27. The molecule has 16 heteroatoms. The van der Waals surface area contributed by atoms with Crippen molar-refractivity contribution in [1.82, 2.24) is 25.2 Å². The van der Waals surface area contributed by atoms with Crippen molar-refractivity contribution in [2.24, 2.45) is 0 Å². The van der Waals surface area contributed by atoms with Crippen molar-refractivity contribution in [3.8, 4) is 5.75 Å². The molecule has 41 heavy (non-hydrogen) atoms. The Hall–Kier alpha value is -4.18. The highest BCUT2D eigenvalue weighted by molar-refractivity contribution is 7.92. The van der Waals surface area contributed by atoms with Crippen LogP contribution in [0, 0.1) is 0 Å². The van der Waals surface area contributed by atoms with Crippen LogP contribution >= 0.6 is 0 Å². The molecule has 1 amide bonds. The molecule has 2 aromatic heterocycles. The molecule has 0 saturated carbocycles. The van der Waals surface area contributed by atoms with E-state index in [2.05, 4.69) is 30.9 Å². The van der Waals surface area contributed by atoms with Crippen LogP contribution in [0.15, 0.2) is 42.7 Å². The molecule has 3 heterocycles. The number of hydrogen-bond acceptors (Lipinski definition) is 10. The zero-order valence-corrected chi connectivity index (χ0v) is 23.3. The number of methoxy groups -OCH3 is 1. The fourth-order valence-electron chi connectivity index (χ4n) is 4.07. The molecule has 0 unspecified atom stereocenters. The fraction of sp³-hybridized carbons (Fsp3) is 0.360. The Balaban J connectivity index is 1.59. The quantitative estimate of drug-likeness (QED) is 0.339. The summed E-state index contributed by atoms with van der Waals surface area (Å²) in [6.45, 7) is 2.32.